The van der Waals surface area contributed by atoms with Gasteiger partial charge in [0.1, 0.15) is 0 Å². The van der Waals surface area contributed by atoms with Crippen LogP contribution in [0.2, 0.25) is 0 Å². The first-order valence-electron chi connectivity index (χ1n) is 15.3. The van der Waals surface area contributed by atoms with E-state index in [1.165, 1.54) is 6.08 Å². The van der Waals surface area contributed by atoms with Crippen LogP contribution in [-0.4, -0.2) is 30.0 Å². The van der Waals surface area contributed by atoms with Crippen molar-refractivity contribution >= 4 is 41.0 Å². The second-order valence-corrected chi connectivity index (χ2v) is 11.1. The van der Waals surface area contributed by atoms with Crippen molar-refractivity contribution in [3.8, 4) is 11.1 Å². The number of amides is 3. The predicted molar refractivity (Wildman–Crippen MR) is 187 cm³/mol. The van der Waals surface area contributed by atoms with Gasteiger partial charge in [-0.3, -0.25) is 19.2 Å². The minimum atomic E-state index is -0.333. The third kappa shape index (κ3) is 9.45. The average Bonchev–Trinajstić information content (AvgIpc) is 3.09. The van der Waals surface area contributed by atoms with E-state index in [-0.39, 0.29) is 48.5 Å². The first-order valence-corrected chi connectivity index (χ1v) is 15.3. The van der Waals surface area contributed by atoms with E-state index in [0.29, 0.717) is 16.9 Å². The highest BCUT2D eigenvalue weighted by atomic mass is 16.2. The number of carbonyl (C=O) groups excluding carboxylic acids is 4. The van der Waals surface area contributed by atoms with Gasteiger partial charge in [-0.25, -0.2) is 0 Å². The van der Waals surface area contributed by atoms with Gasteiger partial charge in [-0.1, -0.05) is 115 Å². The van der Waals surface area contributed by atoms with E-state index in [2.05, 4.69) is 16.0 Å². The van der Waals surface area contributed by atoms with E-state index in [1.54, 1.807) is 48.5 Å². The highest BCUT2D eigenvalue weighted by Crippen LogP contribution is 2.25. The first-order chi connectivity index (χ1) is 22.8. The lowest BCUT2D eigenvalue weighted by Crippen LogP contribution is -2.26. The molecule has 0 atom stereocenters. The molecule has 0 aliphatic rings. The molecule has 7 nitrogen and oxygen atoms in total. The molecule has 5 aromatic rings. The van der Waals surface area contributed by atoms with Crippen molar-refractivity contribution in [2.75, 3.05) is 17.2 Å². The predicted octanol–water partition coefficient (Wildman–Crippen LogP) is 7.23. The molecular formula is C40H35N3O4. The third-order valence-corrected chi connectivity index (χ3v) is 7.44. The molecule has 5 rings (SSSR count). The fraction of sp³-hybridized carbons (Fsp3) is 0.100. The second kappa shape index (κ2) is 15.8. The Kier molecular flexibility index (Phi) is 10.8. The Morgan fingerprint density at radius 3 is 2.02 bits per heavy atom. The van der Waals surface area contributed by atoms with Crippen LogP contribution in [0.1, 0.15) is 39.0 Å². The minimum Gasteiger partial charge on any atom is -0.352 e. The van der Waals surface area contributed by atoms with Crippen molar-refractivity contribution < 1.29 is 19.2 Å². The van der Waals surface area contributed by atoms with Gasteiger partial charge in [0.05, 0.1) is 12.1 Å². The quantitative estimate of drug-likeness (QED) is 0.101. The number of rotatable bonds is 12. The number of hydrogen-bond acceptors (Lipinski definition) is 4. The van der Waals surface area contributed by atoms with Crippen molar-refractivity contribution in [1.82, 2.24) is 5.32 Å². The maximum atomic E-state index is 13.5. The molecule has 0 aliphatic heterocycles. The summed E-state index contributed by atoms with van der Waals surface area (Å²) in [6, 6.07) is 39.1. The maximum Gasteiger partial charge on any atom is 0.244 e. The Hall–Kier alpha value is -6.08. The molecule has 5 aromatic carbocycles. The van der Waals surface area contributed by atoms with Crippen LogP contribution in [0.4, 0.5) is 11.4 Å². The Morgan fingerprint density at radius 2 is 1.32 bits per heavy atom. The summed E-state index contributed by atoms with van der Waals surface area (Å²) in [5, 5.41) is 8.37. The number of benzene rings is 5. The maximum absolute atomic E-state index is 13.5. The lowest BCUT2D eigenvalue weighted by molar-refractivity contribution is -0.118. The Morgan fingerprint density at radius 1 is 0.660 bits per heavy atom. The average molecular weight is 622 g/mol. The lowest BCUT2D eigenvalue weighted by atomic mass is 10.0. The molecule has 3 amide bonds. The molecule has 0 heterocycles. The van der Waals surface area contributed by atoms with Crippen molar-refractivity contribution in [2.45, 2.75) is 19.8 Å². The first kappa shape index (κ1) is 32.3. The van der Waals surface area contributed by atoms with Crippen LogP contribution in [0.15, 0.2) is 133 Å². The molecule has 0 spiro atoms. The summed E-state index contributed by atoms with van der Waals surface area (Å²) in [5.41, 5.74) is 6.50. The zero-order valence-corrected chi connectivity index (χ0v) is 26.0. The van der Waals surface area contributed by atoms with E-state index < -0.39 is 0 Å². The highest BCUT2D eigenvalue weighted by molar-refractivity contribution is 6.14. The molecule has 7 heteroatoms. The largest absolute Gasteiger partial charge is 0.352 e. The molecule has 0 saturated carbocycles. The van der Waals surface area contributed by atoms with Crippen LogP contribution in [0.3, 0.4) is 0 Å². The summed E-state index contributed by atoms with van der Waals surface area (Å²) in [5.74, 6) is -1.20. The van der Waals surface area contributed by atoms with Gasteiger partial charge in [0.2, 0.25) is 17.7 Å². The van der Waals surface area contributed by atoms with E-state index in [9.17, 15) is 19.2 Å². The number of aryl methyl sites for hydroxylation is 1. The van der Waals surface area contributed by atoms with Gasteiger partial charge in [0.15, 0.2) is 5.78 Å². The number of anilines is 2. The molecule has 0 unspecified atom stereocenters. The Balaban J connectivity index is 1.17. The monoisotopic (exact) mass is 621 g/mol. The highest BCUT2D eigenvalue weighted by Gasteiger charge is 2.17. The van der Waals surface area contributed by atoms with Crippen molar-refractivity contribution in [3.05, 3.63) is 161 Å². The van der Waals surface area contributed by atoms with Gasteiger partial charge in [0.25, 0.3) is 0 Å². The molecular weight excluding hydrogens is 586 g/mol. The number of ketones is 1. The minimum absolute atomic E-state index is 0.0301. The zero-order valence-electron chi connectivity index (χ0n) is 26.0. The normalized spacial score (nSPS) is 10.7. The smallest absolute Gasteiger partial charge is 0.244 e. The van der Waals surface area contributed by atoms with Gasteiger partial charge in [-0.15, -0.1) is 0 Å². The molecule has 0 bridgehead atoms. The molecule has 0 saturated heterocycles. The number of hydrogen-bond donors (Lipinski definition) is 3. The van der Waals surface area contributed by atoms with Gasteiger partial charge >= 0.3 is 0 Å². The molecule has 0 fully saturated rings. The summed E-state index contributed by atoms with van der Waals surface area (Å²) in [4.78, 5) is 51.4. The molecule has 0 radical (unpaired) electrons. The molecule has 3 N–H and O–H groups in total. The lowest BCUT2D eigenvalue weighted by Gasteiger charge is -2.14. The van der Waals surface area contributed by atoms with E-state index in [0.717, 1.165) is 27.8 Å². The molecule has 234 valence electrons. The van der Waals surface area contributed by atoms with E-state index in [4.69, 9.17) is 0 Å². The fourth-order valence-corrected chi connectivity index (χ4v) is 4.92. The van der Waals surface area contributed by atoms with Gasteiger partial charge in [-0.2, -0.15) is 0 Å². The summed E-state index contributed by atoms with van der Waals surface area (Å²) in [6.45, 7) is 2.11. The standard InChI is InChI=1S/C40H35N3O4/c1-28-12-14-30(15-13-28)26-39(46)43-36-22-21-34(27-35(36)40(47)33-10-6-3-7-11-33)42-38(45)24-25-41-37(44)23-18-29-16-19-32(20-17-29)31-8-4-2-5-9-31/h2-23,27H,24-26H2,1H3,(H,41,44)(H,42,45)(H,43,46)/b23-18+. The third-order valence-electron chi connectivity index (χ3n) is 7.44. The number of nitrogens with one attached hydrogen (secondary N) is 3. The Labute approximate surface area is 274 Å². The molecule has 0 aliphatic carbocycles. The summed E-state index contributed by atoms with van der Waals surface area (Å²) in [7, 11) is 0. The molecule has 47 heavy (non-hydrogen) atoms. The molecule has 0 aromatic heterocycles. The van der Waals surface area contributed by atoms with Crippen LogP contribution in [0.25, 0.3) is 17.2 Å². The summed E-state index contributed by atoms with van der Waals surface area (Å²) < 4.78 is 0. The fourth-order valence-electron chi connectivity index (χ4n) is 4.92. The van der Waals surface area contributed by atoms with Crippen LogP contribution >= 0.6 is 0 Å². The van der Waals surface area contributed by atoms with Gasteiger partial charge in [0, 0.05) is 35.9 Å². The van der Waals surface area contributed by atoms with Crippen molar-refractivity contribution in [2.24, 2.45) is 0 Å². The number of carbonyl (C=O) groups is 4. The summed E-state index contributed by atoms with van der Waals surface area (Å²) >= 11 is 0. The van der Waals surface area contributed by atoms with Crippen LogP contribution in [-0.2, 0) is 20.8 Å². The van der Waals surface area contributed by atoms with Crippen LogP contribution < -0.4 is 16.0 Å². The zero-order chi connectivity index (χ0) is 33.0. The van der Waals surface area contributed by atoms with Crippen molar-refractivity contribution in [1.29, 1.82) is 0 Å². The van der Waals surface area contributed by atoms with Crippen LogP contribution in [0.5, 0.6) is 0 Å². The van der Waals surface area contributed by atoms with E-state index in [1.807, 2.05) is 91.9 Å². The van der Waals surface area contributed by atoms with Gasteiger partial charge < -0.3 is 16.0 Å². The Bertz CT molecular complexity index is 1880. The SMILES string of the molecule is Cc1ccc(CC(=O)Nc2ccc(NC(=O)CCNC(=O)/C=C/c3ccc(-c4ccccc4)cc3)cc2C(=O)c2ccccc2)cc1. The van der Waals surface area contributed by atoms with Crippen molar-refractivity contribution in [3.63, 3.8) is 0 Å². The summed E-state index contributed by atoms with van der Waals surface area (Å²) in [6.07, 6.45) is 3.33. The van der Waals surface area contributed by atoms with Gasteiger partial charge in [-0.05, 0) is 53.5 Å². The van der Waals surface area contributed by atoms with Crippen LogP contribution in [0, 0.1) is 6.92 Å². The topological polar surface area (TPSA) is 104 Å². The second-order valence-electron chi connectivity index (χ2n) is 11.1. The van der Waals surface area contributed by atoms with E-state index >= 15 is 0 Å².